The molecule has 0 aliphatic rings. The number of aryl methyl sites for hydroxylation is 1. The highest BCUT2D eigenvalue weighted by molar-refractivity contribution is 5.79. The van der Waals surface area contributed by atoms with Gasteiger partial charge in [0.25, 0.3) is 11.1 Å². The van der Waals surface area contributed by atoms with Crippen LogP contribution in [0, 0.1) is 0 Å². The first-order valence-electron chi connectivity index (χ1n) is 7.41. The van der Waals surface area contributed by atoms with Crippen LogP contribution < -0.4 is 11.1 Å². The summed E-state index contributed by atoms with van der Waals surface area (Å²) in [6.45, 7) is 0.311. The lowest BCUT2D eigenvalue weighted by molar-refractivity contribution is -0.129. The van der Waals surface area contributed by atoms with Gasteiger partial charge in [-0.1, -0.05) is 12.1 Å². The van der Waals surface area contributed by atoms with Crippen LogP contribution in [0.25, 0.3) is 11.0 Å². The van der Waals surface area contributed by atoms with E-state index in [1.165, 1.54) is 4.90 Å². The SMILES string of the molecule is CN(Cc1nc2ccccc2n1C)C(=O)Cc1cc(=O)[nH][nH]c1=O. The molecule has 0 saturated heterocycles. The molecule has 3 rings (SSSR count). The molecule has 2 heterocycles. The van der Waals surface area contributed by atoms with Gasteiger partial charge < -0.3 is 9.47 Å². The standard InChI is InChI=1S/C16H17N5O3/c1-20(15(23)8-10-7-14(22)18-19-16(10)24)9-13-17-11-5-3-4-6-12(11)21(13)2/h3-7H,8-9H2,1-2H3,(H,18,22)(H,19,24). The van der Waals surface area contributed by atoms with Crippen molar-refractivity contribution in [2.24, 2.45) is 7.05 Å². The van der Waals surface area contributed by atoms with E-state index < -0.39 is 11.1 Å². The summed E-state index contributed by atoms with van der Waals surface area (Å²) < 4.78 is 1.93. The molecule has 0 aliphatic carbocycles. The number of imidazole rings is 1. The molecule has 0 spiro atoms. The van der Waals surface area contributed by atoms with Crippen molar-refractivity contribution in [3.63, 3.8) is 0 Å². The lowest BCUT2D eigenvalue weighted by atomic mass is 10.2. The second kappa shape index (κ2) is 6.15. The molecule has 124 valence electrons. The summed E-state index contributed by atoms with van der Waals surface area (Å²) in [5.41, 5.74) is 1.07. The van der Waals surface area contributed by atoms with Crippen LogP contribution in [0.5, 0.6) is 0 Å². The number of hydrogen-bond acceptors (Lipinski definition) is 4. The van der Waals surface area contributed by atoms with E-state index >= 15 is 0 Å². The van der Waals surface area contributed by atoms with Crippen LogP contribution in [-0.4, -0.2) is 37.6 Å². The highest BCUT2D eigenvalue weighted by Crippen LogP contribution is 2.15. The van der Waals surface area contributed by atoms with E-state index in [-0.39, 0.29) is 17.9 Å². The summed E-state index contributed by atoms with van der Waals surface area (Å²) >= 11 is 0. The number of carbonyl (C=O) groups is 1. The van der Waals surface area contributed by atoms with E-state index in [9.17, 15) is 14.4 Å². The lowest BCUT2D eigenvalue weighted by Crippen LogP contribution is -2.32. The number of rotatable bonds is 4. The molecule has 8 nitrogen and oxygen atoms in total. The minimum absolute atomic E-state index is 0.139. The second-order valence-corrected chi connectivity index (χ2v) is 5.62. The summed E-state index contributed by atoms with van der Waals surface area (Å²) in [5.74, 6) is 0.477. The van der Waals surface area contributed by atoms with Crippen molar-refractivity contribution in [2.45, 2.75) is 13.0 Å². The minimum atomic E-state index is -0.473. The number of para-hydroxylation sites is 2. The fraction of sp³-hybridized carbons (Fsp3) is 0.250. The minimum Gasteiger partial charge on any atom is -0.338 e. The maximum absolute atomic E-state index is 12.3. The number of benzene rings is 1. The van der Waals surface area contributed by atoms with Gasteiger partial charge in [0.05, 0.1) is 24.0 Å². The number of amides is 1. The molecule has 0 radical (unpaired) electrons. The maximum atomic E-state index is 12.3. The van der Waals surface area contributed by atoms with Crippen LogP contribution in [-0.2, 0) is 24.8 Å². The van der Waals surface area contributed by atoms with Gasteiger partial charge in [0.1, 0.15) is 5.82 Å². The average molecular weight is 327 g/mol. The Morgan fingerprint density at radius 1 is 1.25 bits per heavy atom. The van der Waals surface area contributed by atoms with Crippen molar-refractivity contribution in [3.8, 4) is 0 Å². The highest BCUT2D eigenvalue weighted by atomic mass is 16.2. The van der Waals surface area contributed by atoms with Gasteiger partial charge in [-0.15, -0.1) is 0 Å². The predicted molar refractivity (Wildman–Crippen MR) is 88.6 cm³/mol. The zero-order valence-electron chi connectivity index (χ0n) is 13.4. The third kappa shape index (κ3) is 2.98. The maximum Gasteiger partial charge on any atom is 0.266 e. The van der Waals surface area contributed by atoms with Gasteiger partial charge in [0, 0.05) is 25.7 Å². The molecule has 0 saturated carbocycles. The predicted octanol–water partition coefficient (Wildman–Crippen LogP) is 0.151. The first kappa shape index (κ1) is 15.7. The molecule has 2 N–H and O–H groups in total. The number of hydrogen-bond donors (Lipinski definition) is 2. The molecule has 0 unspecified atom stereocenters. The molecule has 1 amide bonds. The Labute approximate surface area is 136 Å². The Kier molecular flexibility index (Phi) is 4.03. The molecule has 8 heteroatoms. The van der Waals surface area contributed by atoms with Crippen LogP contribution in [0.1, 0.15) is 11.4 Å². The van der Waals surface area contributed by atoms with Gasteiger partial charge in [0.15, 0.2) is 0 Å². The van der Waals surface area contributed by atoms with E-state index in [0.717, 1.165) is 22.9 Å². The molecule has 2 aromatic heterocycles. The molecular formula is C16H17N5O3. The zero-order chi connectivity index (χ0) is 17.3. The Balaban J connectivity index is 1.78. The van der Waals surface area contributed by atoms with Gasteiger partial charge in [-0.25, -0.2) is 4.98 Å². The Morgan fingerprint density at radius 2 is 2.00 bits per heavy atom. The number of fused-ring (bicyclic) bond motifs is 1. The summed E-state index contributed by atoms with van der Waals surface area (Å²) in [7, 11) is 3.54. The molecular weight excluding hydrogens is 310 g/mol. The fourth-order valence-electron chi connectivity index (χ4n) is 2.52. The number of aromatic nitrogens is 4. The number of nitrogens with one attached hydrogen (secondary N) is 2. The Bertz CT molecular complexity index is 1010. The zero-order valence-corrected chi connectivity index (χ0v) is 13.4. The van der Waals surface area contributed by atoms with E-state index in [4.69, 9.17) is 0 Å². The quantitative estimate of drug-likeness (QED) is 0.712. The number of carbonyl (C=O) groups excluding carboxylic acids is 1. The van der Waals surface area contributed by atoms with Crippen molar-refractivity contribution in [1.29, 1.82) is 0 Å². The summed E-state index contributed by atoms with van der Waals surface area (Å²) in [4.78, 5) is 41.2. The van der Waals surface area contributed by atoms with Crippen LogP contribution in [0.2, 0.25) is 0 Å². The van der Waals surface area contributed by atoms with Crippen molar-refractivity contribution in [2.75, 3.05) is 7.05 Å². The van der Waals surface area contributed by atoms with Crippen LogP contribution in [0.4, 0.5) is 0 Å². The largest absolute Gasteiger partial charge is 0.338 e. The average Bonchev–Trinajstić information content (AvgIpc) is 2.87. The third-order valence-corrected chi connectivity index (χ3v) is 3.92. The summed E-state index contributed by atoms with van der Waals surface area (Å²) in [6, 6.07) is 8.86. The van der Waals surface area contributed by atoms with Crippen LogP contribution in [0.15, 0.2) is 39.9 Å². The Morgan fingerprint density at radius 3 is 2.75 bits per heavy atom. The molecule has 24 heavy (non-hydrogen) atoms. The van der Waals surface area contributed by atoms with Crippen LogP contribution >= 0.6 is 0 Å². The summed E-state index contributed by atoms with van der Waals surface area (Å²) in [5, 5.41) is 4.38. The van der Waals surface area contributed by atoms with Crippen LogP contribution in [0.3, 0.4) is 0 Å². The highest BCUT2D eigenvalue weighted by Gasteiger charge is 2.16. The molecule has 0 bridgehead atoms. The molecule has 0 fully saturated rings. The number of likely N-dealkylation sites (N-methyl/N-ethyl adjacent to an activating group) is 1. The van der Waals surface area contributed by atoms with Gasteiger partial charge >= 0.3 is 0 Å². The lowest BCUT2D eigenvalue weighted by Gasteiger charge is -2.16. The van der Waals surface area contributed by atoms with E-state index in [2.05, 4.69) is 15.2 Å². The number of aromatic amines is 2. The van der Waals surface area contributed by atoms with Crippen molar-refractivity contribution >= 4 is 16.9 Å². The van der Waals surface area contributed by atoms with Gasteiger partial charge in [-0.2, -0.15) is 0 Å². The van der Waals surface area contributed by atoms with Gasteiger partial charge in [-0.3, -0.25) is 24.6 Å². The first-order valence-corrected chi connectivity index (χ1v) is 7.41. The second-order valence-electron chi connectivity index (χ2n) is 5.62. The van der Waals surface area contributed by atoms with Crippen molar-refractivity contribution < 1.29 is 4.79 Å². The molecule has 3 aromatic rings. The van der Waals surface area contributed by atoms with E-state index in [1.54, 1.807) is 7.05 Å². The van der Waals surface area contributed by atoms with Crippen molar-refractivity contribution in [3.05, 3.63) is 62.4 Å². The molecule has 1 aromatic carbocycles. The fourth-order valence-corrected chi connectivity index (χ4v) is 2.52. The van der Waals surface area contributed by atoms with Gasteiger partial charge in [-0.05, 0) is 12.1 Å². The summed E-state index contributed by atoms with van der Waals surface area (Å²) in [6.07, 6.45) is -0.139. The Hall–Kier alpha value is -3.16. The number of H-pyrrole nitrogens is 2. The van der Waals surface area contributed by atoms with Crippen molar-refractivity contribution in [1.82, 2.24) is 24.6 Å². The normalized spacial score (nSPS) is 10.9. The first-order chi connectivity index (χ1) is 11.5. The monoisotopic (exact) mass is 327 g/mol. The molecule has 0 aliphatic heterocycles. The topological polar surface area (TPSA) is 104 Å². The molecule has 0 atom stereocenters. The third-order valence-electron chi connectivity index (χ3n) is 3.92. The van der Waals surface area contributed by atoms with E-state index in [0.29, 0.717) is 6.54 Å². The van der Waals surface area contributed by atoms with E-state index in [1.807, 2.05) is 35.9 Å². The van der Waals surface area contributed by atoms with Gasteiger partial charge in [0.2, 0.25) is 5.91 Å². The smallest absolute Gasteiger partial charge is 0.266 e. The number of nitrogens with zero attached hydrogens (tertiary/aromatic N) is 3.